The molecule has 1 spiro atoms. The monoisotopic (exact) mass is 357 g/mol. The molecule has 3 saturated heterocycles. The number of hydrogen-bond acceptors (Lipinski definition) is 4. The maximum Gasteiger partial charge on any atom is 0.230 e. The summed E-state index contributed by atoms with van der Waals surface area (Å²) in [5.74, 6) is 0.294. The summed E-state index contributed by atoms with van der Waals surface area (Å²) in [5, 5.41) is 9.23. The van der Waals surface area contributed by atoms with Crippen LogP contribution in [0.15, 0.2) is 30.3 Å². The Morgan fingerprint density at radius 2 is 1.81 bits per heavy atom. The van der Waals surface area contributed by atoms with Crippen LogP contribution >= 0.6 is 0 Å². The number of benzene rings is 1. The van der Waals surface area contributed by atoms with E-state index in [1.807, 2.05) is 4.90 Å². The van der Waals surface area contributed by atoms with Gasteiger partial charge in [-0.25, -0.2) is 0 Å². The number of rotatable bonds is 4. The molecule has 3 aliphatic heterocycles. The van der Waals surface area contributed by atoms with Crippen molar-refractivity contribution in [1.29, 1.82) is 0 Å². The number of β-amino-alcohol motifs (C(OH)–C–C–N with tert-alkyl or cyclic N) is 1. The number of aliphatic hydroxyl groups excluding tert-OH is 1. The molecule has 0 aromatic heterocycles. The molecule has 0 aliphatic carbocycles. The van der Waals surface area contributed by atoms with E-state index in [9.17, 15) is 9.90 Å². The topological polar surface area (TPSA) is 47.0 Å². The van der Waals surface area contributed by atoms with Crippen molar-refractivity contribution in [2.75, 3.05) is 50.8 Å². The summed E-state index contributed by atoms with van der Waals surface area (Å²) in [7, 11) is 0. The van der Waals surface area contributed by atoms with Crippen molar-refractivity contribution < 1.29 is 9.90 Å². The Labute approximate surface area is 156 Å². The second-order valence-corrected chi connectivity index (χ2v) is 8.17. The van der Waals surface area contributed by atoms with Gasteiger partial charge in [0.25, 0.3) is 0 Å². The molecule has 0 saturated carbocycles. The maximum absolute atomic E-state index is 13.0. The Hall–Kier alpha value is -1.59. The van der Waals surface area contributed by atoms with E-state index in [1.165, 1.54) is 18.5 Å². The van der Waals surface area contributed by atoms with Gasteiger partial charge < -0.3 is 14.9 Å². The Bertz CT molecular complexity index is 613. The average molecular weight is 357 g/mol. The summed E-state index contributed by atoms with van der Waals surface area (Å²) < 4.78 is 0. The molecule has 26 heavy (non-hydrogen) atoms. The Balaban J connectivity index is 1.35. The number of hydrogen-bond donors (Lipinski definition) is 1. The standard InChI is InChI=1S/C21H31N3O2/c25-16-15-23-11-4-9-21(20(23)26)10-14-24(17-21)19-7-12-22(13-8-19)18-5-2-1-3-6-18/h1-3,5-6,19,25H,4,7-17H2. The van der Waals surface area contributed by atoms with Crippen molar-refractivity contribution >= 4 is 11.6 Å². The Kier molecular flexibility index (Phi) is 5.18. The molecular weight excluding hydrogens is 326 g/mol. The number of para-hydroxylation sites is 1. The van der Waals surface area contributed by atoms with Gasteiger partial charge in [-0.3, -0.25) is 9.69 Å². The van der Waals surface area contributed by atoms with E-state index in [1.54, 1.807) is 0 Å². The van der Waals surface area contributed by atoms with Gasteiger partial charge in [0, 0.05) is 44.5 Å². The van der Waals surface area contributed by atoms with Crippen molar-refractivity contribution in [1.82, 2.24) is 9.80 Å². The van der Waals surface area contributed by atoms with E-state index in [0.29, 0.717) is 18.5 Å². The SMILES string of the molecule is O=C1N(CCO)CCCC12CCN(C1CCN(c3ccccc3)CC1)C2. The van der Waals surface area contributed by atoms with Crippen molar-refractivity contribution in [2.45, 2.75) is 38.1 Å². The highest BCUT2D eigenvalue weighted by molar-refractivity contribution is 5.84. The van der Waals surface area contributed by atoms with E-state index >= 15 is 0 Å². The highest BCUT2D eigenvalue weighted by Gasteiger charge is 2.49. The third-order valence-electron chi connectivity index (χ3n) is 6.68. The second kappa shape index (κ2) is 7.57. The van der Waals surface area contributed by atoms with Crippen LogP contribution < -0.4 is 4.90 Å². The molecule has 0 bridgehead atoms. The minimum atomic E-state index is -0.177. The van der Waals surface area contributed by atoms with Crippen LogP contribution in [0, 0.1) is 5.41 Å². The highest BCUT2D eigenvalue weighted by atomic mass is 16.3. The molecule has 1 aromatic carbocycles. The van der Waals surface area contributed by atoms with E-state index < -0.39 is 0 Å². The lowest BCUT2D eigenvalue weighted by Gasteiger charge is -2.41. The summed E-state index contributed by atoms with van der Waals surface area (Å²) in [6, 6.07) is 11.3. The molecular formula is C21H31N3O2. The first-order chi connectivity index (χ1) is 12.7. The van der Waals surface area contributed by atoms with Gasteiger partial charge in [0.15, 0.2) is 0 Å². The average Bonchev–Trinajstić information content (AvgIpc) is 3.12. The number of carbonyl (C=O) groups excluding carboxylic acids is 1. The molecule has 5 nitrogen and oxygen atoms in total. The fourth-order valence-electron chi connectivity index (χ4n) is 5.21. The van der Waals surface area contributed by atoms with Crippen LogP contribution in [0.2, 0.25) is 0 Å². The third-order valence-corrected chi connectivity index (χ3v) is 6.68. The maximum atomic E-state index is 13.0. The molecule has 4 rings (SSSR count). The molecule has 5 heteroatoms. The lowest BCUT2D eigenvalue weighted by atomic mass is 9.78. The van der Waals surface area contributed by atoms with Crippen LogP contribution in [0.4, 0.5) is 5.69 Å². The van der Waals surface area contributed by atoms with Crippen LogP contribution in [0.25, 0.3) is 0 Å². The minimum Gasteiger partial charge on any atom is -0.395 e. The van der Waals surface area contributed by atoms with E-state index in [0.717, 1.165) is 52.0 Å². The highest BCUT2D eigenvalue weighted by Crippen LogP contribution is 2.41. The summed E-state index contributed by atoms with van der Waals surface area (Å²) in [6.07, 6.45) is 5.45. The minimum absolute atomic E-state index is 0.0729. The normalized spacial score (nSPS) is 28.3. The van der Waals surface area contributed by atoms with Gasteiger partial charge in [-0.1, -0.05) is 18.2 Å². The lowest BCUT2D eigenvalue weighted by Crippen LogP contribution is -2.52. The van der Waals surface area contributed by atoms with Gasteiger partial charge >= 0.3 is 0 Å². The summed E-state index contributed by atoms with van der Waals surface area (Å²) in [5.41, 5.74) is 1.15. The third kappa shape index (κ3) is 3.35. The van der Waals surface area contributed by atoms with Crippen LogP contribution in [0.3, 0.4) is 0 Å². The van der Waals surface area contributed by atoms with E-state index in [-0.39, 0.29) is 12.0 Å². The molecule has 3 fully saturated rings. The number of piperidine rings is 2. The summed E-state index contributed by atoms with van der Waals surface area (Å²) in [4.78, 5) is 19.9. The second-order valence-electron chi connectivity index (χ2n) is 8.17. The number of anilines is 1. The van der Waals surface area contributed by atoms with Crippen molar-refractivity contribution in [3.63, 3.8) is 0 Å². The van der Waals surface area contributed by atoms with Gasteiger partial charge in [0.2, 0.25) is 5.91 Å². The largest absolute Gasteiger partial charge is 0.395 e. The smallest absolute Gasteiger partial charge is 0.230 e. The van der Waals surface area contributed by atoms with Crippen LogP contribution in [0.1, 0.15) is 32.1 Å². The van der Waals surface area contributed by atoms with E-state index in [4.69, 9.17) is 0 Å². The first-order valence-corrected chi connectivity index (χ1v) is 10.2. The number of amides is 1. The fraction of sp³-hybridized carbons (Fsp3) is 0.667. The van der Waals surface area contributed by atoms with Crippen LogP contribution in [0.5, 0.6) is 0 Å². The van der Waals surface area contributed by atoms with Crippen LogP contribution in [-0.2, 0) is 4.79 Å². The van der Waals surface area contributed by atoms with E-state index in [2.05, 4.69) is 40.1 Å². The molecule has 1 unspecified atom stereocenters. The van der Waals surface area contributed by atoms with Gasteiger partial charge in [-0.2, -0.15) is 0 Å². The molecule has 0 radical (unpaired) electrons. The summed E-state index contributed by atoms with van der Waals surface area (Å²) in [6.45, 7) is 5.56. The predicted octanol–water partition coefficient (Wildman–Crippen LogP) is 1.96. The first kappa shape index (κ1) is 17.8. The molecule has 3 aliphatic rings. The number of carbonyl (C=O) groups is 1. The quantitative estimate of drug-likeness (QED) is 0.895. The number of likely N-dealkylation sites (tertiary alicyclic amines) is 2. The molecule has 3 heterocycles. The zero-order valence-electron chi connectivity index (χ0n) is 15.6. The summed E-state index contributed by atoms with van der Waals surface area (Å²) >= 11 is 0. The first-order valence-electron chi connectivity index (χ1n) is 10.2. The number of aliphatic hydroxyl groups is 1. The van der Waals surface area contributed by atoms with Crippen molar-refractivity contribution in [3.8, 4) is 0 Å². The van der Waals surface area contributed by atoms with Gasteiger partial charge in [-0.05, 0) is 50.8 Å². The van der Waals surface area contributed by atoms with Gasteiger partial charge in [-0.15, -0.1) is 0 Å². The van der Waals surface area contributed by atoms with Crippen molar-refractivity contribution in [2.24, 2.45) is 5.41 Å². The Morgan fingerprint density at radius 1 is 1.04 bits per heavy atom. The zero-order valence-corrected chi connectivity index (χ0v) is 15.6. The van der Waals surface area contributed by atoms with Gasteiger partial charge in [0.1, 0.15) is 0 Å². The van der Waals surface area contributed by atoms with Crippen molar-refractivity contribution in [3.05, 3.63) is 30.3 Å². The fourth-order valence-corrected chi connectivity index (χ4v) is 5.21. The molecule has 1 N–H and O–H groups in total. The number of nitrogens with zero attached hydrogens (tertiary/aromatic N) is 3. The molecule has 1 amide bonds. The van der Waals surface area contributed by atoms with Gasteiger partial charge in [0.05, 0.1) is 12.0 Å². The molecule has 1 atom stereocenters. The zero-order chi connectivity index (χ0) is 18.0. The Morgan fingerprint density at radius 3 is 2.54 bits per heavy atom. The predicted molar refractivity (Wildman–Crippen MR) is 103 cm³/mol. The molecule has 1 aromatic rings. The lowest BCUT2D eigenvalue weighted by molar-refractivity contribution is -0.146. The molecule has 142 valence electrons. The van der Waals surface area contributed by atoms with Crippen LogP contribution in [-0.4, -0.2) is 72.7 Å².